The van der Waals surface area contributed by atoms with Crippen LogP contribution in [0.3, 0.4) is 0 Å². The summed E-state index contributed by atoms with van der Waals surface area (Å²) in [6, 6.07) is 5.91. The third-order valence-electron chi connectivity index (χ3n) is 7.13. The first-order chi connectivity index (χ1) is 16.0. The number of carboxylic acid groups (broad SMARTS) is 1. The zero-order chi connectivity index (χ0) is 23.2. The number of nitro groups is 1. The number of non-ortho nitro benzene ring substituents is 1. The molecule has 2 aliphatic carbocycles. The van der Waals surface area contributed by atoms with Gasteiger partial charge in [-0.1, -0.05) is 50.7 Å². The van der Waals surface area contributed by atoms with E-state index in [0.717, 1.165) is 56.9 Å². The third kappa shape index (κ3) is 5.73. The zero-order valence-electron chi connectivity index (χ0n) is 18.8. The minimum Gasteiger partial charge on any atom is -0.481 e. The van der Waals surface area contributed by atoms with Gasteiger partial charge in [0.2, 0.25) is 0 Å². The Morgan fingerprint density at radius 2 is 1.73 bits per heavy atom. The van der Waals surface area contributed by atoms with Crippen molar-refractivity contribution < 1.29 is 14.8 Å². The van der Waals surface area contributed by atoms with Crippen LogP contribution in [0.1, 0.15) is 94.1 Å². The number of carboxylic acids is 1. The van der Waals surface area contributed by atoms with Crippen molar-refractivity contribution in [2.75, 3.05) is 0 Å². The Bertz CT molecular complexity index is 935. The molecule has 2 saturated carbocycles. The average molecular weight is 457 g/mol. The lowest BCUT2D eigenvalue weighted by atomic mass is 9.82. The molecule has 4 rings (SSSR count). The predicted molar refractivity (Wildman–Crippen MR) is 121 cm³/mol. The fourth-order valence-electron chi connectivity index (χ4n) is 5.38. The molecular formula is C23H32N6O4. The van der Waals surface area contributed by atoms with E-state index >= 15 is 0 Å². The molecule has 1 aromatic carbocycles. The second kappa shape index (κ2) is 10.8. The van der Waals surface area contributed by atoms with E-state index in [2.05, 4.69) is 20.8 Å². The molecule has 0 bridgehead atoms. The van der Waals surface area contributed by atoms with Crippen molar-refractivity contribution in [3.63, 3.8) is 0 Å². The van der Waals surface area contributed by atoms with Gasteiger partial charge in [-0.2, -0.15) is 0 Å². The highest BCUT2D eigenvalue weighted by Crippen LogP contribution is 2.34. The van der Waals surface area contributed by atoms with Crippen LogP contribution in [0.4, 0.5) is 5.69 Å². The van der Waals surface area contributed by atoms with Crippen molar-refractivity contribution in [3.05, 3.63) is 45.8 Å². The molecule has 1 heterocycles. The van der Waals surface area contributed by atoms with E-state index in [1.165, 1.54) is 25.0 Å². The van der Waals surface area contributed by atoms with E-state index in [-0.39, 0.29) is 30.1 Å². The lowest BCUT2D eigenvalue weighted by Gasteiger charge is -2.33. The smallest absolute Gasteiger partial charge is 0.304 e. The van der Waals surface area contributed by atoms with Crippen molar-refractivity contribution in [1.82, 2.24) is 25.5 Å². The van der Waals surface area contributed by atoms with Gasteiger partial charge < -0.3 is 5.11 Å². The van der Waals surface area contributed by atoms with Crippen LogP contribution in [0.25, 0.3) is 0 Å². The van der Waals surface area contributed by atoms with Crippen LogP contribution in [0, 0.1) is 16.0 Å². The number of benzene rings is 1. The zero-order valence-corrected chi connectivity index (χ0v) is 18.8. The average Bonchev–Trinajstić information content (AvgIpc) is 3.32. The molecule has 33 heavy (non-hydrogen) atoms. The first kappa shape index (κ1) is 23.3. The molecule has 0 radical (unpaired) electrons. The van der Waals surface area contributed by atoms with E-state index < -0.39 is 16.9 Å². The number of rotatable bonds is 9. The molecule has 0 aliphatic heterocycles. The number of tetrazole rings is 1. The maximum absolute atomic E-state index is 11.7. The van der Waals surface area contributed by atoms with Crippen molar-refractivity contribution in [2.45, 2.75) is 88.8 Å². The van der Waals surface area contributed by atoms with Gasteiger partial charge in [0.25, 0.3) is 5.69 Å². The van der Waals surface area contributed by atoms with Gasteiger partial charge in [0.15, 0.2) is 5.82 Å². The van der Waals surface area contributed by atoms with Crippen LogP contribution in [0.15, 0.2) is 24.3 Å². The number of aliphatic carboxylic acids is 1. The summed E-state index contributed by atoms with van der Waals surface area (Å²) in [6.07, 6.45) is 10.9. The Balaban J connectivity index is 1.68. The molecule has 2 aromatic rings. The summed E-state index contributed by atoms with van der Waals surface area (Å²) in [5.74, 6) is 0.0590. The third-order valence-corrected chi connectivity index (χ3v) is 7.13. The molecule has 2 atom stereocenters. The second-order valence-corrected chi connectivity index (χ2v) is 9.32. The van der Waals surface area contributed by atoms with Crippen LogP contribution in [-0.2, 0) is 4.79 Å². The van der Waals surface area contributed by atoms with Crippen LogP contribution < -0.4 is 5.32 Å². The summed E-state index contributed by atoms with van der Waals surface area (Å²) in [4.78, 5) is 22.5. The summed E-state index contributed by atoms with van der Waals surface area (Å²) >= 11 is 0. The first-order valence-corrected chi connectivity index (χ1v) is 12.0. The number of nitrogens with zero attached hydrogens (tertiary/aromatic N) is 5. The normalized spacial score (nSPS) is 19.8. The standard InChI is InChI=1S/C23H32N6O4/c30-21(31)15-20(16-7-3-1-4-8-16)24-22(17-11-13-19(14-12-17)29(32)33)23-25-26-27-28(23)18-9-5-2-6-10-18/h11-14,16,18,20,22,24H,1-10,15H2,(H,30,31). The molecule has 1 aromatic heterocycles. The molecule has 10 nitrogen and oxygen atoms in total. The maximum Gasteiger partial charge on any atom is 0.304 e. The second-order valence-electron chi connectivity index (χ2n) is 9.32. The summed E-state index contributed by atoms with van der Waals surface area (Å²) in [6.45, 7) is 0. The van der Waals surface area contributed by atoms with Gasteiger partial charge in [-0.25, -0.2) is 4.68 Å². The molecule has 178 valence electrons. The maximum atomic E-state index is 11.7. The van der Waals surface area contributed by atoms with E-state index in [9.17, 15) is 20.0 Å². The van der Waals surface area contributed by atoms with Crippen LogP contribution in [-0.4, -0.2) is 42.2 Å². The van der Waals surface area contributed by atoms with Crippen LogP contribution in [0.5, 0.6) is 0 Å². The summed E-state index contributed by atoms with van der Waals surface area (Å²) in [5, 5.41) is 37.0. The van der Waals surface area contributed by atoms with Gasteiger partial charge in [-0.3, -0.25) is 20.2 Å². The van der Waals surface area contributed by atoms with Crippen LogP contribution in [0.2, 0.25) is 0 Å². The monoisotopic (exact) mass is 456 g/mol. The number of carbonyl (C=O) groups is 1. The fraction of sp³-hybridized carbons (Fsp3) is 0.652. The Hall–Kier alpha value is -2.88. The van der Waals surface area contributed by atoms with Gasteiger partial charge in [0, 0.05) is 18.2 Å². The largest absolute Gasteiger partial charge is 0.481 e. The molecule has 2 N–H and O–H groups in total. The molecule has 0 spiro atoms. The van der Waals surface area contributed by atoms with Crippen molar-refractivity contribution in [3.8, 4) is 0 Å². The molecule has 10 heteroatoms. The lowest BCUT2D eigenvalue weighted by molar-refractivity contribution is -0.384. The minimum absolute atomic E-state index is 0.0127. The van der Waals surface area contributed by atoms with Crippen molar-refractivity contribution in [1.29, 1.82) is 0 Å². The van der Waals surface area contributed by atoms with E-state index in [4.69, 9.17) is 0 Å². The molecule has 2 fully saturated rings. The number of nitrogens with one attached hydrogen (secondary N) is 1. The van der Waals surface area contributed by atoms with Crippen LogP contribution >= 0.6 is 0 Å². The Morgan fingerprint density at radius 1 is 1.09 bits per heavy atom. The number of aromatic nitrogens is 4. The Labute approximate surface area is 192 Å². The lowest BCUT2D eigenvalue weighted by Crippen LogP contribution is -2.42. The minimum atomic E-state index is -0.840. The van der Waals surface area contributed by atoms with E-state index in [1.54, 1.807) is 12.1 Å². The highest BCUT2D eigenvalue weighted by Gasteiger charge is 2.32. The Kier molecular flexibility index (Phi) is 7.64. The summed E-state index contributed by atoms with van der Waals surface area (Å²) in [7, 11) is 0. The van der Waals surface area contributed by atoms with Gasteiger partial charge >= 0.3 is 5.97 Å². The Morgan fingerprint density at radius 3 is 2.33 bits per heavy atom. The first-order valence-electron chi connectivity index (χ1n) is 12.0. The molecular weight excluding hydrogens is 424 g/mol. The fourth-order valence-corrected chi connectivity index (χ4v) is 5.38. The molecule has 2 aliphatic rings. The van der Waals surface area contributed by atoms with E-state index in [0.29, 0.717) is 5.82 Å². The number of hydrogen-bond acceptors (Lipinski definition) is 7. The van der Waals surface area contributed by atoms with Gasteiger partial charge in [0.1, 0.15) is 0 Å². The molecule has 0 amide bonds. The highest BCUT2D eigenvalue weighted by molar-refractivity contribution is 5.67. The predicted octanol–water partition coefficient (Wildman–Crippen LogP) is 4.19. The van der Waals surface area contributed by atoms with E-state index in [1.807, 2.05) is 4.68 Å². The van der Waals surface area contributed by atoms with Gasteiger partial charge in [-0.15, -0.1) is 5.10 Å². The number of hydrogen-bond donors (Lipinski definition) is 2. The van der Waals surface area contributed by atoms with Gasteiger partial charge in [0.05, 0.1) is 23.4 Å². The van der Waals surface area contributed by atoms with Crippen molar-refractivity contribution in [2.24, 2.45) is 5.92 Å². The molecule has 0 saturated heterocycles. The molecule has 2 unspecified atom stereocenters. The summed E-state index contributed by atoms with van der Waals surface area (Å²) < 4.78 is 1.89. The van der Waals surface area contributed by atoms with Crippen molar-refractivity contribution >= 4 is 11.7 Å². The van der Waals surface area contributed by atoms with Gasteiger partial charge in [-0.05, 0) is 47.6 Å². The topological polar surface area (TPSA) is 136 Å². The number of nitro benzene ring substituents is 1. The highest BCUT2D eigenvalue weighted by atomic mass is 16.6. The quantitative estimate of drug-likeness (QED) is 0.423. The summed E-state index contributed by atoms with van der Waals surface area (Å²) in [5.41, 5.74) is 0.803. The SMILES string of the molecule is O=C(O)CC(NC(c1ccc([N+](=O)[O-])cc1)c1nnnn1C1CCCCC1)C1CCCCC1.